The zero-order chi connectivity index (χ0) is 20.1. The van der Waals surface area contributed by atoms with Crippen LogP contribution in [-0.4, -0.2) is 47.9 Å². The SMILES string of the molecule is O=C(N[C@@H]1CN2CCCC[C@@]2(C(=O)NCCc2ccccc2)C1)c1ccccc1. The smallest absolute Gasteiger partial charge is 0.251 e. The monoisotopic (exact) mass is 391 g/mol. The van der Waals surface area contributed by atoms with E-state index >= 15 is 0 Å². The Morgan fingerprint density at radius 1 is 1.00 bits per heavy atom. The van der Waals surface area contributed by atoms with Gasteiger partial charge in [-0.25, -0.2) is 0 Å². The maximum atomic E-state index is 13.2. The van der Waals surface area contributed by atoms with E-state index in [1.54, 1.807) is 0 Å². The summed E-state index contributed by atoms with van der Waals surface area (Å²) in [5.74, 6) is 0.0553. The van der Waals surface area contributed by atoms with Gasteiger partial charge in [0.05, 0.1) is 0 Å². The van der Waals surface area contributed by atoms with Crippen molar-refractivity contribution < 1.29 is 9.59 Å². The summed E-state index contributed by atoms with van der Waals surface area (Å²) in [6, 6.07) is 19.5. The van der Waals surface area contributed by atoms with Crippen molar-refractivity contribution in [3.63, 3.8) is 0 Å². The maximum Gasteiger partial charge on any atom is 0.251 e. The van der Waals surface area contributed by atoms with Crippen LogP contribution in [0.4, 0.5) is 0 Å². The van der Waals surface area contributed by atoms with Gasteiger partial charge in [0, 0.05) is 24.7 Å². The number of carbonyl (C=O) groups excluding carboxylic acids is 2. The summed E-state index contributed by atoms with van der Waals surface area (Å²) in [5, 5.41) is 6.33. The Hall–Kier alpha value is -2.66. The van der Waals surface area contributed by atoms with Crippen LogP contribution in [0.2, 0.25) is 0 Å². The summed E-state index contributed by atoms with van der Waals surface area (Å²) >= 11 is 0. The molecule has 152 valence electrons. The summed E-state index contributed by atoms with van der Waals surface area (Å²) in [5.41, 5.74) is 1.41. The van der Waals surface area contributed by atoms with Crippen LogP contribution >= 0.6 is 0 Å². The number of amides is 2. The van der Waals surface area contributed by atoms with Gasteiger partial charge in [0.25, 0.3) is 5.91 Å². The molecule has 4 rings (SSSR count). The van der Waals surface area contributed by atoms with E-state index in [4.69, 9.17) is 0 Å². The second-order valence-electron chi connectivity index (χ2n) is 8.17. The van der Waals surface area contributed by atoms with Crippen LogP contribution in [0.1, 0.15) is 41.6 Å². The molecule has 0 aliphatic carbocycles. The van der Waals surface area contributed by atoms with Gasteiger partial charge in [0.15, 0.2) is 0 Å². The fourth-order valence-corrected chi connectivity index (χ4v) is 4.76. The highest BCUT2D eigenvalue weighted by atomic mass is 16.2. The number of hydrogen-bond acceptors (Lipinski definition) is 3. The normalized spacial score (nSPS) is 23.9. The average molecular weight is 392 g/mol. The van der Waals surface area contributed by atoms with Crippen LogP contribution in [-0.2, 0) is 11.2 Å². The molecule has 2 aliphatic heterocycles. The maximum absolute atomic E-state index is 13.2. The zero-order valence-corrected chi connectivity index (χ0v) is 16.8. The molecule has 2 atom stereocenters. The third-order valence-corrected chi connectivity index (χ3v) is 6.23. The number of piperidine rings is 1. The summed E-state index contributed by atoms with van der Waals surface area (Å²) < 4.78 is 0. The molecule has 2 heterocycles. The number of rotatable bonds is 6. The predicted molar refractivity (Wildman–Crippen MR) is 114 cm³/mol. The molecule has 0 aromatic heterocycles. The van der Waals surface area contributed by atoms with Crippen LogP contribution in [0.5, 0.6) is 0 Å². The Morgan fingerprint density at radius 2 is 1.72 bits per heavy atom. The van der Waals surface area contributed by atoms with Crippen molar-refractivity contribution in [2.45, 2.75) is 43.7 Å². The van der Waals surface area contributed by atoms with E-state index in [1.807, 2.05) is 48.5 Å². The van der Waals surface area contributed by atoms with Gasteiger partial charge in [0.2, 0.25) is 5.91 Å². The first-order chi connectivity index (χ1) is 14.2. The van der Waals surface area contributed by atoms with E-state index < -0.39 is 5.54 Å². The van der Waals surface area contributed by atoms with Crippen LogP contribution < -0.4 is 10.6 Å². The number of nitrogens with one attached hydrogen (secondary N) is 2. The minimum absolute atomic E-state index is 0.000629. The molecule has 2 saturated heterocycles. The molecule has 0 saturated carbocycles. The van der Waals surface area contributed by atoms with Gasteiger partial charge in [-0.3, -0.25) is 14.5 Å². The highest BCUT2D eigenvalue weighted by Gasteiger charge is 2.52. The molecule has 0 radical (unpaired) electrons. The highest BCUT2D eigenvalue weighted by molar-refractivity contribution is 5.94. The van der Waals surface area contributed by atoms with E-state index in [-0.39, 0.29) is 17.9 Å². The number of carbonyl (C=O) groups is 2. The van der Waals surface area contributed by atoms with Crippen LogP contribution in [0.3, 0.4) is 0 Å². The molecular weight excluding hydrogens is 362 g/mol. The first-order valence-corrected chi connectivity index (χ1v) is 10.6. The van der Waals surface area contributed by atoms with Crippen molar-refractivity contribution in [2.75, 3.05) is 19.6 Å². The number of hydrogen-bond donors (Lipinski definition) is 2. The van der Waals surface area contributed by atoms with E-state index in [1.165, 1.54) is 5.56 Å². The Kier molecular flexibility index (Phi) is 5.95. The Labute approximate surface area is 172 Å². The lowest BCUT2D eigenvalue weighted by Gasteiger charge is -2.40. The lowest BCUT2D eigenvalue weighted by Crippen LogP contribution is -2.57. The number of nitrogens with zero attached hydrogens (tertiary/aromatic N) is 1. The molecular formula is C24H29N3O2. The van der Waals surface area contributed by atoms with Crippen LogP contribution in [0, 0.1) is 0 Å². The van der Waals surface area contributed by atoms with Crippen molar-refractivity contribution in [1.82, 2.24) is 15.5 Å². The Morgan fingerprint density at radius 3 is 2.48 bits per heavy atom. The lowest BCUT2D eigenvalue weighted by atomic mass is 9.84. The van der Waals surface area contributed by atoms with Crippen molar-refractivity contribution >= 4 is 11.8 Å². The Bertz CT molecular complexity index is 840. The topological polar surface area (TPSA) is 61.4 Å². The lowest BCUT2D eigenvalue weighted by molar-refractivity contribution is -0.133. The third kappa shape index (κ3) is 4.35. The highest BCUT2D eigenvalue weighted by Crippen LogP contribution is 2.38. The number of benzene rings is 2. The molecule has 2 aliphatic rings. The minimum Gasteiger partial charge on any atom is -0.354 e. The standard InChI is InChI=1S/C24H29N3O2/c28-22(20-11-5-2-6-12-20)26-21-17-24(14-7-8-16-27(24)18-21)23(29)25-15-13-19-9-3-1-4-10-19/h1-6,9-12,21H,7-8,13-18H2,(H,25,29)(H,26,28)/t21-,24-/m0/s1. The molecule has 5 nitrogen and oxygen atoms in total. The summed E-state index contributed by atoms with van der Waals surface area (Å²) in [6.07, 6.45) is 4.54. The van der Waals surface area contributed by atoms with E-state index in [2.05, 4.69) is 27.7 Å². The second kappa shape index (κ2) is 8.78. The molecule has 29 heavy (non-hydrogen) atoms. The fraction of sp³-hybridized carbons (Fsp3) is 0.417. The predicted octanol–water partition coefficient (Wildman–Crippen LogP) is 2.77. The van der Waals surface area contributed by atoms with Crippen molar-refractivity contribution in [3.05, 3.63) is 71.8 Å². The first-order valence-electron chi connectivity index (χ1n) is 10.6. The van der Waals surface area contributed by atoms with Crippen molar-refractivity contribution in [2.24, 2.45) is 0 Å². The number of fused-ring (bicyclic) bond motifs is 1. The zero-order valence-electron chi connectivity index (χ0n) is 16.8. The van der Waals surface area contributed by atoms with Crippen LogP contribution in [0.15, 0.2) is 60.7 Å². The van der Waals surface area contributed by atoms with Gasteiger partial charge in [0.1, 0.15) is 5.54 Å². The molecule has 0 spiro atoms. The molecule has 2 amide bonds. The van der Waals surface area contributed by atoms with Crippen molar-refractivity contribution in [1.29, 1.82) is 0 Å². The molecule has 0 unspecified atom stereocenters. The quantitative estimate of drug-likeness (QED) is 0.796. The fourth-order valence-electron chi connectivity index (χ4n) is 4.76. The largest absolute Gasteiger partial charge is 0.354 e. The summed E-state index contributed by atoms with van der Waals surface area (Å²) in [7, 11) is 0. The molecule has 5 heteroatoms. The van der Waals surface area contributed by atoms with E-state index in [0.717, 1.165) is 38.8 Å². The second-order valence-corrected chi connectivity index (χ2v) is 8.17. The first kappa shape index (κ1) is 19.6. The van der Waals surface area contributed by atoms with Crippen LogP contribution in [0.25, 0.3) is 0 Å². The van der Waals surface area contributed by atoms with Gasteiger partial charge in [-0.05, 0) is 56.3 Å². The Balaban J connectivity index is 1.39. The molecule has 2 aromatic carbocycles. The molecule has 2 aromatic rings. The molecule has 2 fully saturated rings. The van der Waals surface area contributed by atoms with Gasteiger partial charge in [-0.1, -0.05) is 48.5 Å². The average Bonchev–Trinajstić information content (AvgIpc) is 3.14. The van der Waals surface area contributed by atoms with E-state index in [0.29, 0.717) is 18.5 Å². The van der Waals surface area contributed by atoms with Gasteiger partial charge in [-0.2, -0.15) is 0 Å². The third-order valence-electron chi connectivity index (χ3n) is 6.23. The summed E-state index contributed by atoms with van der Waals surface area (Å²) in [4.78, 5) is 28.1. The minimum atomic E-state index is -0.483. The molecule has 0 bridgehead atoms. The van der Waals surface area contributed by atoms with Gasteiger partial charge >= 0.3 is 0 Å². The summed E-state index contributed by atoms with van der Waals surface area (Å²) in [6.45, 7) is 2.30. The van der Waals surface area contributed by atoms with Gasteiger partial charge < -0.3 is 10.6 Å². The molecule has 2 N–H and O–H groups in total. The van der Waals surface area contributed by atoms with E-state index in [9.17, 15) is 9.59 Å². The van der Waals surface area contributed by atoms with Gasteiger partial charge in [-0.15, -0.1) is 0 Å². The van der Waals surface area contributed by atoms with Crippen molar-refractivity contribution in [3.8, 4) is 0 Å².